The van der Waals surface area contributed by atoms with Gasteiger partial charge in [0.25, 0.3) is 0 Å². The van der Waals surface area contributed by atoms with E-state index in [9.17, 15) is 10.5 Å². The number of fused-ring (bicyclic) bond motifs is 6. The molecule has 0 bridgehead atoms. The minimum atomic E-state index is 0.577. The fourth-order valence-electron chi connectivity index (χ4n) is 7.17. The Morgan fingerprint density at radius 3 is 1.88 bits per heavy atom. The third-order valence-electron chi connectivity index (χ3n) is 9.29. The lowest BCUT2D eigenvalue weighted by Crippen LogP contribution is -2.00. The largest absolute Gasteiger partial charge is 0.308 e. The molecular formula is C44H24N4. The number of nitriles is 2. The molecule has 2 aromatic heterocycles. The van der Waals surface area contributed by atoms with Gasteiger partial charge in [0.05, 0.1) is 45.1 Å². The predicted molar refractivity (Wildman–Crippen MR) is 193 cm³/mol. The topological polar surface area (TPSA) is 57.4 Å². The van der Waals surface area contributed by atoms with Crippen molar-refractivity contribution in [3.8, 4) is 45.8 Å². The third-order valence-corrected chi connectivity index (χ3v) is 9.29. The SMILES string of the molecule is N#Cc1ccc2c3ccccc3n(-c3cccc(-c4ccc(-c5ccccc5-n5c6c#cccc6c6ccccc65)cc4)c3C#N)c2c1. The molecule has 0 saturated carbocycles. The van der Waals surface area contributed by atoms with E-state index in [0.717, 1.165) is 71.9 Å². The molecule has 4 heteroatoms. The van der Waals surface area contributed by atoms with Crippen molar-refractivity contribution < 1.29 is 0 Å². The monoisotopic (exact) mass is 608 g/mol. The average molecular weight is 609 g/mol. The minimum absolute atomic E-state index is 0.577. The molecule has 0 unspecified atom stereocenters. The summed E-state index contributed by atoms with van der Waals surface area (Å²) in [6.07, 6.45) is 0. The third kappa shape index (κ3) is 4.03. The summed E-state index contributed by atoms with van der Waals surface area (Å²) < 4.78 is 4.38. The summed E-state index contributed by atoms with van der Waals surface area (Å²) in [6.45, 7) is 0. The highest BCUT2D eigenvalue weighted by atomic mass is 15.0. The molecule has 48 heavy (non-hydrogen) atoms. The molecule has 9 rings (SSSR count). The second kappa shape index (κ2) is 10.8. The smallest absolute Gasteiger partial charge is 0.105 e. The zero-order chi connectivity index (χ0) is 32.2. The van der Waals surface area contributed by atoms with Gasteiger partial charge in [-0.15, -0.1) is 0 Å². The lowest BCUT2D eigenvalue weighted by atomic mass is 9.95. The molecule has 0 aliphatic rings. The van der Waals surface area contributed by atoms with E-state index < -0.39 is 0 Å². The summed E-state index contributed by atoms with van der Waals surface area (Å²) >= 11 is 0. The second-order valence-electron chi connectivity index (χ2n) is 11.8. The van der Waals surface area contributed by atoms with Crippen molar-refractivity contribution in [2.24, 2.45) is 0 Å². The summed E-state index contributed by atoms with van der Waals surface area (Å²) in [4.78, 5) is 0. The maximum atomic E-state index is 10.6. The fourth-order valence-corrected chi connectivity index (χ4v) is 7.17. The Morgan fingerprint density at radius 2 is 1.10 bits per heavy atom. The summed E-state index contributed by atoms with van der Waals surface area (Å²) in [5, 5.41) is 24.8. The summed E-state index contributed by atoms with van der Waals surface area (Å²) in [5.74, 6) is 0. The van der Waals surface area contributed by atoms with Gasteiger partial charge in [-0.2, -0.15) is 10.5 Å². The molecule has 0 radical (unpaired) electrons. The van der Waals surface area contributed by atoms with E-state index in [4.69, 9.17) is 0 Å². The van der Waals surface area contributed by atoms with Gasteiger partial charge in [0.15, 0.2) is 0 Å². The first-order valence-corrected chi connectivity index (χ1v) is 15.7. The molecule has 220 valence electrons. The lowest BCUT2D eigenvalue weighted by Gasteiger charge is -2.15. The molecular weight excluding hydrogens is 585 g/mol. The number of rotatable bonds is 4. The molecule has 4 nitrogen and oxygen atoms in total. The molecule has 0 aliphatic heterocycles. The molecule has 0 saturated heterocycles. The Kier molecular flexibility index (Phi) is 6.13. The van der Waals surface area contributed by atoms with E-state index in [1.165, 1.54) is 5.39 Å². The zero-order valence-electron chi connectivity index (χ0n) is 25.6. The molecule has 0 fully saturated rings. The fraction of sp³-hybridized carbons (Fsp3) is 0. The maximum absolute atomic E-state index is 10.6. The highest BCUT2D eigenvalue weighted by Crippen LogP contribution is 2.38. The number of benzene rings is 6. The van der Waals surface area contributed by atoms with Gasteiger partial charge in [-0.1, -0.05) is 103 Å². The Labute approximate surface area is 277 Å². The maximum Gasteiger partial charge on any atom is 0.105 e. The quantitative estimate of drug-likeness (QED) is 0.200. The first kappa shape index (κ1) is 27.3. The Balaban J connectivity index is 1.19. The van der Waals surface area contributed by atoms with Crippen molar-refractivity contribution >= 4 is 43.6 Å². The molecule has 9 aromatic rings. The number of hydrogen-bond donors (Lipinski definition) is 0. The van der Waals surface area contributed by atoms with Crippen LogP contribution in [-0.2, 0) is 0 Å². The predicted octanol–water partition coefficient (Wildman–Crippen LogP) is 10.6. The number of nitrogens with zero attached hydrogens (tertiary/aromatic N) is 4. The number of aromatic nitrogens is 2. The zero-order valence-corrected chi connectivity index (χ0v) is 25.6. The van der Waals surface area contributed by atoms with Crippen LogP contribution in [0.3, 0.4) is 0 Å². The van der Waals surface area contributed by atoms with Crippen LogP contribution in [-0.4, -0.2) is 9.13 Å². The minimum Gasteiger partial charge on any atom is -0.308 e. The van der Waals surface area contributed by atoms with Crippen LogP contribution < -0.4 is 0 Å². The van der Waals surface area contributed by atoms with Gasteiger partial charge in [-0.25, -0.2) is 0 Å². The van der Waals surface area contributed by atoms with Gasteiger partial charge in [0, 0.05) is 32.7 Å². The van der Waals surface area contributed by atoms with Gasteiger partial charge in [0.1, 0.15) is 11.6 Å². The van der Waals surface area contributed by atoms with Gasteiger partial charge in [-0.05, 0) is 65.7 Å². The van der Waals surface area contributed by atoms with Crippen LogP contribution in [0.5, 0.6) is 0 Å². The summed E-state index contributed by atoms with van der Waals surface area (Å²) in [5.41, 5.74) is 11.0. The van der Waals surface area contributed by atoms with E-state index in [0.29, 0.717) is 11.1 Å². The van der Waals surface area contributed by atoms with E-state index in [2.05, 4.69) is 124 Å². The van der Waals surface area contributed by atoms with E-state index in [1.807, 2.05) is 54.6 Å². The van der Waals surface area contributed by atoms with Crippen molar-refractivity contribution in [3.63, 3.8) is 0 Å². The lowest BCUT2D eigenvalue weighted by molar-refractivity contribution is 1.17. The van der Waals surface area contributed by atoms with Gasteiger partial charge in [0.2, 0.25) is 0 Å². The van der Waals surface area contributed by atoms with Crippen LogP contribution in [0.4, 0.5) is 0 Å². The average Bonchev–Trinajstić information content (AvgIpc) is 3.67. The van der Waals surface area contributed by atoms with Crippen LogP contribution in [0, 0.1) is 34.8 Å². The van der Waals surface area contributed by atoms with Crippen molar-refractivity contribution in [3.05, 3.63) is 169 Å². The molecule has 7 aromatic carbocycles. The van der Waals surface area contributed by atoms with Crippen molar-refractivity contribution in [2.75, 3.05) is 0 Å². The van der Waals surface area contributed by atoms with Gasteiger partial charge < -0.3 is 9.13 Å². The van der Waals surface area contributed by atoms with Crippen LogP contribution in [0.1, 0.15) is 11.1 Å². The second-order valence-corrected chi connectivity index (χ2v) is 11.8. The first-order chi connectivity index (χ1) is 23.7. The normalized spacial score (nSPS) is 11.1. The van der Waals surface area contributed by atoms with E-state index in [-0.39, 0.29) is 0 Å². The summed E-state index contributed by atoms with van der Waals surface area (Å²) in [6, 6.07) is 60.6. The van der Waals surface area contributed by atoms with Crippen LogP contribution in [0.2, 0.25) is 0 Å². The molecule has 0 amide bonds. The molecule has 0 aliphatic carbocycles. The molecule has 2 heterocycles. The van der Waals surface area contributed by atoms with Crippen LogP contribution in [0.25, 0.3) is 77.2 Å². The Bertz CT molecular complexity index is 2750. The van der Waals surface area contributed by atoms with E-state index >= 15 is 0 Å². The van der Waals surface area contributed by atoms with Crippen molar-refractivity contribution in [1.82, 2.24) is 9.13 Å². The highest BCUT2D eigenvalue weighted by molar-refractivity contribution is 6.10. The van der Waals surface area contributed by atoms with Crippen LogP contribution in [0.15, 0.2) is 146 Å². The van der Waals surface area contributed by atoms with Crippen molar-refractivity contribution in [1.29, 1.82) is 10.5 Å². The molecule has 0 N–H and O–H groups in total. The van der Waals surface area contributed by atoms with Crippen LogP contribution >= 0.6 is 0 Å². The molecule has 0 spiro atoms. The first-order valence-electron chi connectivity index (χ1n) is 15.7. The van der Waals surface area contributed by atoms with Gasteiger partial charge >= 0.3 is 0 Å². The summed E-state index contributed by atoms with van der Waals surface area (Å²) in [7, 11) is 0. The number of hydrogen-bond acceptors (Lipinski definition) is 2. The van der Waals surface area contributed by atoms with E-state index in [1.54, 1.807) is 0 Å². The Hall–Kier alpha value is -7.06. The molecule has 0 atom stereocenters. The number of para-hydroxylation sites is 3. The van der Waals surface area contributed by atoms with Crippen molar-refractivity contribution in [2.45, 2.75) is 0 Å². The Morgan fingerprint density at radius 1 is 0.479 bits per heavy atom. The van der Waals surface area contributed by atoms with Gasteiger partial charge in [-0.3, -0.25) is 0 Å². The standard InChI is InChI=1S/C44H24N4/c45-27-29-20-25-37-36-13-4-8-18-42(36)48(44(37)26-29)43-19-9-14-32(38(43)28-46)30-21-23-31(24-22-30)33-10-1-5-15-39(33)47-40-16-6-2-11-34(40)35-12-3-7-17-41(35)47/h1-6,8-16,18-26H. The highest BCUT2D eigenvalue weighted by Gasteiger charge is 2.19.